The molecule has 244 valence electrons. The van der Waals surface area contributed by atoms with E-state index in [1.165, 1.54) is 18.2 Å². The summed E-state index contributed by atoms with van der Waals surface area (Å²) < 4.78 is 38.9. The monoisotopic (exact) mass is 637 g/mol. The molecule has 7 nitrogen and oxygen atoms in total. The molecule has 3 saturated heterocycles. The first kappa shape index (κ1) is 30.3. The van der Waals surface area contributed by atoms with Gasteiger partial charge >= 0.3 is 6.01 Å². The van der Waals surface area contributed by atoms with E-state index in [1.807, 2.05) is 19.9 Å². The van der Waals surface area contributed by atoms with Crippen LogP contribution in [0.5, 0.6) is 11.8 Å². The Morgan fingerprint density at radius 2 is 1.83 bits per heavy atom. The lowest BCUT2D eigenvalue weighted by Gasteiger charge is -2.39. The average Bonchev–Trinajstić information content (AvgIpc) is 3.72. The smallest absolute Gasteiger partial charge is 0.319 e. The molecule has 4 aliphatic rings. The highest BCUT2D eigenvalue weighted by Crippen LogP contribution is 2.48. The van der Waals surface area contributed by atoms with Gasteiger partial charge in [0.1, 0.15) is 22.9 Å². The molecule has 2 bridgehead atoms. The fourth-order valence-electron chi connectivity index (χ4n) is 8.15. The largest absolute Gasteiger partial charge is 0.508 e. The quantitative estimate of drug-likeness (QED) is 0.211. The van der Waals surface area contributed by atoms with Crippen molar-refractivity contribution in [3.8, 4) is 35.2 Å². The summed E-state index contributed by atoms with van der Waals surface area (Å²) in [7, 11) is 0. The van der Waals surface area contributed by atoms with Crippen LogP contribution in [0.25, 0.3) is 32.8 Å². The van der Waals surface area contributed by atoms with Gasteiger partial charge in [-0.2, -0.15) is 9.97 Å². The van der Waals surface area contributed by atoms with Crippen LogP contribution in [-0.4, -0.2) is 71.4 Å². The molecule has 4 heterocycles. The molecule has 3 aliphatic heterocycles. The topological polar surface area (TPSA) is 73.8 Å². The van der Waals surface area contributed by atoms with Crippen LogP contribution in [0.1, 0.15) is 63.5 Å². The highest BCUT2D eigenvalue weighted by Gasteiger charge is 2.46. The van der Waals surface area contributed by atoms with Gasteiger partial charge in [-0.05, 0) is 78.3 Å². The van der Waals surface area contributed by atoms with Gasteiger partial charge in [-0.1, -0.05) is 32.8 Å². The van der Waals surface area contributed by atoms with E-state index < -0.39 is 11.6 Å². The number of hydrogen-bond acceptors (Lipinski definition) is 7. The van der Waals surface area contributed by atoms with Crippen LogP contribution in [0.2, 0.25) is 0 Å². The number of likely N-dealkylation sites (tertiary alicyclic amines) is 1. The first-order valence-corrected chi connectivity index (χ1v) is 16.9. The number of halogens is 2. The molecule has 4 fully saturated rings. The molecule has 0 amide bonds. The zero-order valence-electron chi connectivity index (χ0n) is 27.2. The van der Waals surface area contributed by atoms with Gasteiger partial charge in [-0.15, -0.1) is 6.42 Å². The summed E-state index contributed by atoms with van der Waals surface area (Å²) >= 11 is 0. The van der Waals surface area contributed by atoms with Crippen molar-refractivity contribution in [3.63, 3.8) is 0 Å². The standard InChI is InChI=1S/C38H41F2N5O2/c1-5-27-31(39)9-6-23-12-26(46)13-29(32(23)27)33-28(21(2)3)14-30-35(34(33)40)42-37(43-36(30)45-17-24-7-8-25(18-45)41-24)47-20-38(10-11-38)19-44-15-22(4)16-44/h1,6,9,12-14,21-22,24-25,41,46H,7-8,10-11,15-20H2,2-4H3. The molecule has 1 aliphatic carbocycles. The van der Waals surface area contributed by atoms with Crippen LogP contribution >= 0.6 is 0 Å². The predicted octanol–water partition coefficient (Wildman–Crippen LogP) is 6.59. The Hall–Kier alpha value is -4.00. The van der Waals surface area contributed by atoms with Crippen molar-refractivity contribution in [3.05, 3.63) is 53.1 Å². The van der Waals surface area contributed by atoms with Crippen LogP contribution in [0.15, 0.2) is 30.3 Å². The van der Waals surface area contributed by atoms with Gasteiger partial charge in [0, 0.05) is 66.6 Å². The Labute approximate surface area is 274 Å². The zero-order valence-corrected chi connectivity index (χ0v) is 27.2. The molecule has 9 heteroatoms. The maximum atomic E-state index is 17.4. The lowest BCUT2D eigenvalue weighted by molar-refractivity contribution is 0.0688. The summed E-state index contributed by atoms with van der Waals surface area (Å²) in [6.45, 7) is 11.5. The summed E-state index contributed by atoms with van der Waals surface area (Å²) in [4.78, 5) is 14.5. The van der Waals surface area contributed by atoms with Gasteiger partial charge in [0.2, 0.25) is 0 Å². The third-order valence-corrected chi connectivity index (χ3v) is 10.7. The summed E-state index contributed by atoms with van der Waals surface area (Å²) in [5.74, 6) is 2.56. The Balaban J connectivity index is 1.30. The minimum Gasteiger partial charge on any atom is -0.508 e. The van der Waals surface area contributed by atoms with E-state index in [4.69, 9.17) is 21.1 Å². The molecule has 0 spiro atoms. The van der Waals surface area contributed by atoms with Crippen molar-refractivity contribution in [1.82, 2.24) is 20.2 Å². The SMILES string of the molecule is C#Cc1c(F)ccc2cc(O)cc(-c3c(C(C)C)cc4c(N5CC6CCC(C5)N6)nc(OCC5(CN6CC(C)C6)CC5)nc4c3F)c12. The van der Waals surface area contributed by atoms with E-state index in [9.17, 15) is 5.11 Å². The van der Waals surface area contributed by atoms with Crippen LogP contribution in [0, 0.1) is 35.3 Å². The van der Waals surface area contributed by atoms with Gasteiger partial charge in [0.25, 0.3) is 0 Å². The van der Waals surface area contributed by atoms with Crippen molar-refractivity contribution >= 4 is 27.5 Å². The van der Waals surface area contributed by atoms with Crippen LogP contribution < -0.4 is 15.0 Å². The molecule has 2 N–H and O–H groups in total. The second-order valence-electron chi connectivity index (χ2n) is 14.8. The molecule has 2 unspecified atom stereocenters. The molecule has 4 aromatic rings. The molecule has 2 atom stereocenters. The lowest BCUT2D eigenvalue weighted by atomic mass is 9.86. The third-order valence-electron chi connectivity index (χ3n) is 10.7. The van der Waals surface area contributed by atoms with Gasteiger partial charge in [-0.25, -0.2) is 8.78 Å². The van der Waals surface area contributed by atoms with Gasteiger partial charge in [-0.3, -0.25) is 0 Å². The van der Waals surface area contributed by atoms with Crippen LogP contribution in [-0.2, 0) is 0 Å². The zero-order chi connectivity index (χ0) is 32.6. The third kappa shape index (κ3) is 5.36. The van der Waals surface area contributed by atoms with Gasteiger partial charge < -0.3 is 25.0 Å². The predicted molar refractivity (Wildman–Crippen MR) is 181 cm³/mol. The number of benzene rings is 3. The maximum absolute atomic E-state index is 17.4. The van der Waals surface area contributed by atoms with E-state index in [1.54, 1.807) is 6.07 Å². The second-order valence-corrected chi connectivity index (χ2v) is 14.8. The van der Waals surface area contributed by atoms with E-state index in [0.29, 0.717) is 51.8 Å². The van der Waals surface area contributed by atoms with Gasteiger partial charge in [0.15, 0.2) is 5.82 Å². The van der Waals surface area contributed by atoms with Gasteiger partial charge in [0.05, 0.1) is 12.2 Å². The number of fused-ring (bicyclic) bond motifs is 4. The number of hydrogen-bond donors (Lipinski definition) is 2. The molecular weight excluding hydrogens is 596 g/mol. The van der Waals surface area contributed by atoms with Crippen molar-refractivity contribution in [2.24, 2.45) is 11.3 Å². The normalized spacial score (nSPS) is 22.2. The average molecular weight is 638 g/mol. The number of terminal acetylenes is 1. The number of anilines is 1. The summed E-state index contributed by atoms with van der Waals surface area (Å²) in [6.07, 6.45) is 10.2. The summed E-state index contributed by atoms with van der Waals surface area (Å²) in [5, 5.41) is 16.0. The first-order valence-electron chi connectivity index (χ1n) is 16.9. The number of ether oxygens (including phenoxy) is 1. The molecule has 1 aromatic heterocycles. The Morgan fingerprint density at radius 3 is 2.49 bits per heavy atom. The van der Waals surface area contributed by atoms with E-state index in [2.05, 4.69) is 28.0 Å². The second kappa shape index (κ2) is 11.3. The van der Waals surface area contributed by atoms with E-state index in [-0.39, 0.29) is 39.7 Å². The van der Waals surface area contributed by atoms with Crippen molar-refractivity contribution < 1.29 is 18.6 Å². The van der Waals surface area contributed by atoms with Crippen molar-refractivity contribution in [2.45, 2.75) is 64.5 Å². The molecule has 1 saturated carbocycles. The van der Waals surface area contributed by atoms with E-state index >= 15 is 8.78 Å². The molecular formula is C38H41F2N5O2. The lowest BCUT2D eigenvalue weighted by Crippen LogP contribution is -2.51. The number of phenolic OH excluding ortho intramolecular Hbond substituents is 1. The highest BCUT2D eigenvalue weighted by molar-refractivity contribution is 6.05. The fraction of sp³-hybridized carbons (Fsp3) is 0.474. The molecule has 47 heavy (non-hydrogen) atoms. The molecule has 8 rings (SSSR count). The number of rotatable bonds is 8. The number of nitrogens with one attached hydrogen (secondary N) is 1. The number of nitrogens with zero attached hydrogens (tertiary/aromatic N) is 4. The maximum Gasteiger partial charge on any atom is 0.319 e. The summed E-state index contributed by atoms with van der Waals surface area (Å²) in [5.41, 5.74) is 1.53. The highest BCUT2D eigenvalue weighted by atomic mass is 19.1. The summed E-state index contributed by atoms with van der Waals surface area (Å²) in [6, 6.07) is 8.66. The van der Waals surface area contributed by atoms with Crippen LogP contribution in [0.3, 0.4) is 0 Å². The van der Waals surface area contributed by atoms with E-state index in [0.717, 1.165) is 64.3 Å². The van der Waals surface area contributed by atoms with Crippen LogP contribution in [0.4, 0.5) is 14.6 Å². The Morgan fingerprint density at radius 1 is 1.09 bits per heavy atom. The Bertz CT molecular complexity index is 1930. The fourth-order valence-corrected chi connectivity index (χ4v) is 8.15. The number of aromatic nitrogens is 2. The minimum absolute atomic E-state index is 0.0294. The molecule has 0 radical (unpaired) electrons. The van der Waals surface area contributed by atoms with Crippen molar-refractivity contribution in [1.29, 1.82) is 0 Å². The minimum atomic E-state index is -0.574. The van der Waals surface area contributed by atoms with Crippen molar-refractivity contribution in [2.75, 3.05) is 44.2 Å². The number of aromatic hydroxyl groups is 1. The molecule has 3 aromatic carbocycles. The number of piperazine rings is 1. The number of phenols is 1. The first-order chi connectivity index (χ1) is 22.6. The Kier molecular flexibility index (Phi) is 7.30.